The fraction of sp³-hybridized carbons (Fsp3) is 0.500. The third-order valence-corrected chi connectivity index (χ3v) is 5.33. The highest BCUT2D eigenvalue weighted by atomic mass is 19.4. The maximum atomic E-state index is 12.4. The van der Waals surface area contributed by atoms with Crippen molar-refractivity contribution in [3.05, 3.63) is 42.6 Å². The number of piperidine rings is 1. The van der Waals surface area contributed by atoms with Gasteiger partial charge in [-0.25, -0.2) is 14.8 Å². The van der Waals surface area contributed by atoms with E-state index in [-0.39, 0.29) is 11.5 Å². The molecule has 1 amide bonds. The first-order chi connectivity index (χ1) is 15.2. The van der Waals surface area contributed by atoms with E-state index in [1.165, 1.54) is 6.26 Å². The number of amides is 1. The van der Waals surface area contributed by atoms with Crippen LogP contribution in [0.4, 0.5) is 19.1 Å². The standard InChI is InChI=1S/C18H22N4O3.C2HF3O2/c23-16(15-3-1-11-24-15)22-9-5-18(6-10-22)13-14(4-12-25-18)21-17-19-7-2-8-20-17;3-2(4,5)1(6)7/h1-3,7-8,11,14H,4-6,9-10,12-13H2,(H,19,20,21);(H,6,7). The minimum Gasteiger partial charge on any atom is -0.475 e. The van der Waals surface area contributed by atoms with Crippen molar-refractivity contribution in [2.24, 2.45) is 0 Å². The molecule has 1 atom stereocenters. The number of ether oxygens (including phenoxy) is 1. The van der Waals surface area contributed by atoms with E-state index in [1.807, 2.05) is 11.0 Å². The van der Waals surface area contributed by atoms with Crippen molar-refractivity contribution in [2.75, 3.05) is 25.0 Å². The maximum Gasteiger partial charge on any atom is 0.490 e. The Morgan fingerprint density at radius 1 is 1.19 bits per heavy atom. The Balaban J connectivity index is 0.000000360. The molecule has 2 saturated heterocycles. The summed E-state index contributed by atoms with van der Waals surface area (Å²) in [6, 6.07) is 5.56. The quantitative estimate of drug-likeness (QED) is 0.724. The van der Waals surface area contributed by atoms with Crippen LogP contribution in [-0.2, 0) is 9.53 Å². The Morgan fingerprint density at radius 3 is 2.41 bits per heavy atom. The molecule has 0 radical (unpaired) electrons. The lowest BCUT2D eigenvalue weighted by Gasteiger charge is -2.46. The molecular formula is C20H23F3N4O5. The van der Waals surface area contributed by atoms with Gasteiger partial charge in [-0.2, -0.15) is 13.2 Å². The Labute approximate surface area is 181 Å². The summed E-state index contributed by atoms with van der Waals surface area (Å²) < 4.78 is 43.1. The van der Waals surface area contributed by atoms with Crippen molar-refractivity contribution in [1.82, 2.24) is 14.9 Å². The van der Waals surface area contributed by atoms with Crippen molar-refractivity contribution in [2.45, 2.75) is 43.5 Å². The van der Waals surface area contributed by atoms with Crippen LogP contribution in [0.25, 0.3) is 0 Å². The lowest BCUT2D eigenvalue weighted by Crippen LogP contribution is -2.52. The van der Waals surface area contributed by atoms with Gasteiger partial charge >= 0.3 is 12.1 Å². The van der Waals surface area contributed by atoms with Crippen molar-refractivity contribution < 1.29 is 37.0 Å². The number of anilines is 1. The molecule has 2 aliphatic heterocycles. The number of rotatable bonds is 3. The highest BCUT2D eigenvalue weighted by Gasteiger charge is 2.41. The van der Waals surface area contributed by atoms with Gasteiger partial charge in [0.25, 0.3) is 5.91 Å². The van der Waals surface area contributed by atoms with Crippen LogP contribution in [-0.4, -0.2) is 69.4 Å². The number of aromatic nitrogens is 2. The van der Waals surface area contributed by atoms with Gasteiger partial charge in [-0.3, -0.25) is 4.79 Å². The number of halogens is 3. The molecule has 174 valence electrons. The number of carboxylic acids is 1. The van der Waals surface area contributed by atoms with E-state index in [1.54, 1.807) is 24.5 Å². The van der Waals surface area contributed by atoms with Crippen LogP contribution < -0.4 is 5.32 Å². The second-order valence-corrected chi connectivity index (χ2v) is 7.51. The first-order valence-corrected chi connectivity index (χ1v) is 9.99. The van der Waals surface area contributed by atoms with Crippen LogP contribution in [0.15, 0.2) is 41.3 Å². The molecular weight excluding hydrogens is 433 g/mol. The summed E-state index contributed by atoms with van der Waals surface area (Å²) in [5, 5.41) is 10.5. The fourth-order valence-corrected chi connectivity index (χ4v) is 3.73. The van der Waals surface area contributed by atoms with Gasteiger partial charge in [0.05, 0.1) is 11.9 Å². The number of aliphatic carboxylic acids is 1. The number of furan rings is 1. The Bertz CT molecular complexity index is 884. The summed E-state index contributed by atoms with van der Waals surface area (Å²) >= 11 is 0. The molecule has 1 unspecified atom stereocenters. The molecule has 0 aliphatic carbocycles. The number of carbonyl (C=O) groups is 2. The van der Waals surface area contributed by atoms with Gasteiger partial charge in [-0.1, -0.05) is 0 Å². The zero-order valence-electron chi connectivity index (χ0n) is 17.0. The van der Waals surface area contributed by atoms with Crippen LogP contribution in [0.2, 0.25) is 0 Å². The molecule has 32 heavy (non-hydrogen) atoms. The number of nitrogens with one attached hydrogen (secondary N) is 1. The molecule has 2 aromatic rings. The van der Waals surface area contributed by atoms with Crippen LogP contribution in [0, 0.1) is 0 Å². The van der Waals surface area contributed by atoms with Crippen molar-refractivity contribution >= 4 is 17.8 Å². The number of hydrogen-bond donors (Lipinski definition) is 2. The SMILES string of the molecule is O=C(O)C(F)(F)F.O=C(c1ccco1)N1CCC2(CC1)CC(Nc1ncccn1)CCO2. The molecule has 0 saturated carbocycles. The van der Waals surface area contributed by atoms with Gasteiger partial charge in [0, 0.05) is 38.1 Å². The first-order valence-electron chi connectivity index (χ1n) is 9.99. The van der Waals surface area contributed by atoms with E-state index in [9.17, 15) is 18.0 Å². The van der Waals surface area contributed by atoms with E-state index >= 15 is 0 Å². The Hall–Kier alpha value is -3.15. The van der Waals surface area contributed by atoms with Gasteiger partial charge < -0.3 is 24.5 Å². The van der Waals surface area contributed by atoms with Crippen LogP contribution >= 0.6 is 0 Å². The van der Waals surface area contributed by atoms with Crippen LogP contribution in [0.5, 0.6) is 0 Å². The topological polar surface area (TPSA) is 118 Å². The van der Waals surface area contributed by atoms with E-state index in [4.69, 9.17) is 19.1 Å². The van der Waals surface area contributed by atoms with Gasteiger partial charge in [0.2, 0.25) is 5.95 Å². The zero-order chi connectivity index (χ0) is 23.2. The summed E-state index contributed by atoms with van der Waals surface area (Å²) in [4.78, 5) is 31.6. The van der Waals surface area contributed by atoms with Gasteiger partial charge in [-0.05, 0) is 43.9 Å². The number of carbonyl (C=O) groups excluding carboxylic acids is 1. The maximum absolute atomic E-state index is 12.4. The molecule has 12 heteroatoms. The highest BCUT2D eigenvalue weighted by Crippen LogP contribution is 2.36. The molecule has 1 spiro atoms. The zero-order valence-corrected chi connectivity index (χ0v) is 17.0. The largest absolute Gasteiger partial charge is 0.490 e. The lowest BCUT2D eigenvalue weighted by atomic mass is 9.82. The summed E-state index contributed by atoms with van der Waals surface area (Å²) in [6.45, 7) is 2.10. The number of nitrogens with zero attached hydrogens (tertiary/aromatic N) is 3. The lowest BCUT2D eigenvalue weighted by molar-refractivity contribution is -0.192. The number of likely N-dealkylation sites (tertiary alicyclic amines) is 1. The smallest absolute Gasteiger partial charge is 0.475 e. The predicted molar refractivity (Wildman–Crippen MR) is 105 cm³/mol. The number of hydrogen-bond acceptors (Lipinski definition) is 7. The molecule has 2 aliphatic rings. The van der Waals surface area contributed by atoms with E-state index in [0.29, 0.717) is 30.8 Å². The van der Waals surface area contributed by atoms with Crippen molar-refractivity contribution in [3.63, 3.8) is 0 Å². The minimum atomic E-state index is -5.08. The molecule has 4 heterocycles. The van der Waals surface area contributed by atoms with Gasteiger partial charge in [-0.15, -0.1) is 0 Å². The predicted octanol–water partition coefficient (Wildman–Crippen LogP) is 2.97. The number of carboxylic acid groups (broad SMARTS) is 1. The van der Waals surface area contributed by atoms with Crippen molar-refractivity contribution in [3.8, 4) is 0 Å². The van der Waals surface area contributed by atoms with Crippen LogP contribution in [0.1, 0.15) is 36.2 Å². The molecule has 9 nitrogen and oxygen atoms in total. The number of alkyl halides is 3. The summed E-state index contributed by atoms with van der Waals surface area (Å²) in [5.41, 5.74) is -0.162. The minimum absolute atomic E-state index is 0.0389. The first kappa shape index (κ1) is 23.5. The molecule has 0 aromatic carbocycles. The monoisotopic (exact) mass is 456 g/mol. The summed E-state index contributed by atoms with van der Waals surface area (Å²) in [7, 11) is 0. The molecule has 0 bridgehead atoms. The average molecular weight is 456 g/mol. The van der Waals surface area contributed by atoms with Crippen LogP contribution in [0.3, 0.4) is 0 Å². The molecule has 2 fully saturated rings. The van der Waals surface area contributed by atoms with Gasteiger partial charge in [0.15, 0.2) is 5.76 Å². The summed E-state index contributed by atoms with van der Waals surface area (Å²) in [6.07, 6.45) is 3.46. The molecule has 4 rings (SSSR count). The third-order valence-electron chi connectivity index (χ3n) is 5.33. The van der Waals surface area contributed by atoms with Crippen molar-refractivity contribution in [1.29, 1.82) is 0 Å². The molecule has 2 aromatic heterocycles. The normalized spacial score (nSPS) is 20.2. The van der Waals surface area contributed by atoms with E-state index in [0.717, 1.165) is 32.3 Å². The Kier molecular flexibility index (Phi) is 7.33. The third kappa shape index (κ3) is 6.19. The van der Waals surface area contributed by atoms with E-state index < -0.39 is 12.1 Å². The fourth-order valence-electron chi connectivity index (χ4n) is 3.73. The second kappa shape index (κ2) is 9.98. The Morgan fingerprint density at radius 2 is 1.84 bits per heavy atom. The van der Waals surface area contributed by atoms with Gasteiger partial charge in [0.1, 0.15) is 0 Å². The summed E-state index contributed by atoms with van der Waals surface area (Å²) in [5.74, 6) is -1.73. The highest BCUT2D eigenvalue weighted by molar-refractivity contribution is 5.91. The van der Waals surface area contributed by atoms with E-state index in [2.05, 4.69) is 15.3 Å². The molecule has 2 N–H and O–H groups in total. The second-order valence-electron chi connectivity index (χ2n) is 7.51. The average Bonchev–Trinajstić information content (AvgIpc) is 3.29.